The molecule has 0 saturated heterocycles. The van der Waals surface area contributed by atoms with E-state index in [9.17, 15) is 9.00 Å². The number of ether oxygens (including phenoxy) is 1. The van der Waals surface area contributed by atoms with Crippen molar-refractivity contribution in [1.29, 1.82) is 0 Å². The summed E-state index contributed by atoms with van der Waals surface area (Å²) in [6.07, 6.45) is 6.21. The molecular weight excluding hydrogens is 346 g/mol. The first-order valence-corrected chi connectivity index (χ1v) is 10.2. The molecule has 1 saturated carbocycles. The molecule has 2 aliphatic carbocycles. The van der Waals surface area contributed by atoms with Gasteiger partial charge < -0.3 is 4.74 Å². The zero-order valence-corrected chi connectivity index (χ0v) is 15.1. The van der Waals surface area contributed by atoms with Crippen LogP contribution in [0.25, 0.3) is 4.91 Å². The topological polar surface area (TPSA) is 55.4 Å². The predicted octanol–water partition coefficient (Wildman–Crippen LogP) is 3.76. The van der Waals surface area contributed by atoms with E-state index in [4.69, 9.17) is 4.74 Å². The van der Waals surface area contributed by atoms with Crippen molar-refractivity contribution in [3.05, 3.63) is 70.8 Å². The molecule has 2 aromatic rings. The van der Waals surface area contributed by atoms with Crippen molar-refractivity contribution in [1.82, 2.24) is 4.72 Å². The number of hydrogen-bond donors (Lipinski definition) is 1. The Bertz CT molecular complexity index is 944. The van der Waals surface area contributed by atoms with Crippen LogP contribution in [0.15, 0.2) is 48.5 Å². The maximum atomic E-state index is 11.9. The fraction of sp³-hybridized carbons (Fsp3) is 0.286. The fourth-order valence-electron chi connectivity index (χ4n) is 3.94. The second kappa shape index (κ2) is 6.09. The van der Waals surface area contributed by atoms with E-state index in [0.717, 1.165) is 30.1 Å². The van der Waals surface area contributed by atoms with Crippen molar-refractivity contribution in [2.24, 2.45) is 0 Å². The Morgan fingerprint density at radius 3 is 2.46 bits per heavy atom. The van der Waals surface area contributed by atoms with E-state index in [-0.39, 0.29) is 12.0 Å². The molecule has 1 unspecified atom stereocenters. The SMILES string of the molecule is O=C1C=C(c2ccc(O[C@@H]3CCc4c(C5CC5)cccc43)cc2)S(=O)N1. The molecule has 1 fully saturated rings. The second-order valence-electron chi connectivity index (χ2n) is 7.10. The van der Waals surface area contributed by atoms with Gasteiger partial charge in [0.15, 0.2) is 11.0 Å². The lowest BCUT2D eigenvalue weighted by molar-refractivity contribution is -0.114. The number of rotatable bonds is 4. The highest BCUT2D eigenvalue weighted by atomic mass is 32.2. The molecule has 2 aromatic carbocycles. The molecule has 0 spiro atoms. The summed E-state index contributed by atoms with van der Waals surface area (Å²) < 4.78 is 20.5. The molecule has 5 heteroatoms. The van der Waals surface area contributed by atoms with Gasteiger partial charge in [-0.15, -0.1) is 0 Å². The first-order chi connectivity index (χ1) is 12.7. The number of fused-ring (bicyclic) bond motifs is 1. The van der Waals surface area contributed by atoms with Crippen LogP contribution in [0.2, 0.25) is 0 Å². The summed E-state index contributed by atoms with van der Waals surface area (Å²) in [6.45, 7) is 0. The van der Waals surface area contributed by atoms with Crippen LogP contribution in [-0.4, -0.2) is 10.1 Å². The molecule has 1 heterocycles. The highest BCUT2D eigenvalue weighted by Gasteiger charge is 2.32. The predicted molar refractivity (Wildman–Crippen MR) is 101 cm³/mol. The smallest absolute Gasteiger partial charge is 0.257 e. The number of nitrogens with one attached hydrogen (secondary N) is 1. The van der Waals surface area contributed by atoms with Gasteiger partial charge in [-0.2, -0.15) is 0 Å². The van der Waals surface area contributed by atoms with Crippen LogP contribution in [0.5, 0.6) is 5.75 Å². The van der Waals surface area contributed by atoms with Gasteiger partial charge in [0.05, 0.1) is 4.91 Å². The van der Waals surface area contributed by atoms with Crippen LogP contribution >= 0.6 is 0 Å². The second-order valence-corrected chi connectivity index (χ2v) is 8.28. The normalized spacial score (nSPS) is 24.2. The summed E-state index contributed by atoms with van der Waals surface area (Å²) in [6, 6.07) is 14.1. The summed E-state index contributed by atoms with van der Waals surface area (Å²) in [5, 5.41) is 0. The Kier molecular flexibility index (Phi) is 3.71. The van der Waals surface area contributed by atoms with Crippen LogP contribution < -0.4 is 9.46 Å². The van der Waals surface area contributed by atoms with Crippen molar-refractivity contribution >= 4 is 21.8 Å². The molecule has 3 aliphatic rings. The van der Waals surface area contributed by atoms with Gasteiger partial charge in [0.2, 0.25) is 0 Å². The molecule has 0 radical (unpaired) electrons. The Balaban J connectivity index is 1.36. The van der Waals surface area contributed by atoms with E-state index < -0.39 is 11.0 Å². The third-order valence-corrected chi connectivity index (χ3v) is 6.48. The fourth-order valence-corrected chi connectivity index (χ4v) is 4.86. The van der Waals surface area contributed by atoms with Gasteiger partial charge in [0, 0.05) is 6.08 Å². The zero-order valence-electron chi connectivity index (χ0n) is 14.2. The van der Waals surface area contributed by atoms with Crippen molar-refractivity contribution in [2.45, 2.75) is 37.7 Å². The Labute approximate surface area is 154 Å². The van der Waals surface area contributed by atoms with Crippen LogP contribution in [0.4, 0.5) is 0 Å². The highest BCUT2D eigenvalue weighted by Crippen LogP contribution is 2.46. The van der Waals surface area contributed by atoms with Gasteiger partial charge in [-0.25, -0.2) is 4.21 Å². The molecule has 5 rings (SSSR count). The summed E-state index contributed by atoms with van der Waals surface area (Å²) in [7, 11) is -1.46. The van der Waals surface area contributed by atoms with Crippen molar-refractivity contribution in [3.8, 4) is 5.75 Å². The third-order valence-electron chi connectivity index (χ3n) is 5.34. The van der Waals surface area contributed by atoms with E-state index in [0.29, 0.717) is 4.91 Å². The van der Waals surface area contributed by atoms with E-state index in [2.05, 4.69) is 22.9 Å². The standard InChI is InChI=1S/C21H19NO3S/c23-21-12-20(26(24)22-21)14-6-8-15(9-7-14)25-19-11-10-17-16(13-4-5-13)2-1-3-18(17)19/h1-3,6-9,12-13,19H,4-5,10-11H2,(H,22,23)/t19-,26?/m1/s1. The van der Waals surface area contributed by atoms with Gasteiger partial charge in [0.25, 0.3) is 5.91 Å². The first-order valence-electron chi connectivity index (χ1n) is 9.02. The molecule has 1 aliphatic heterocycles. The highest BCUT2D eigenvalue weighted by molar-refractivity contribution is 7.93. The van der Waals surface area contributed by atoms with Gasteiger partial charge in [-0.3, -0.25) is 9.52 Å². The first kappa shape index (κ1) is 15.8. The van der Waals surface area contributed by atoms with E-state index in [1.165, 1.54) is 35.6 Å². The summed E-state index contributed by atoms with van der Waals surface area (Å²) >= 11 is 0. The lowest BCUT2D eigenvalue weighted by atomic mass is 9.99. The Hall–Kier alpha value is -2.40. The molecule has 4 nitrogen and oxygen atoms in total. The number of hydrogen-bond acceptors (Lipinski definition) is 3. The van der Waals surface area contributed by atoms with Gasteiger partial charge in [0.1, 0.15) is 11.9 Å². The minimum Gasteiger partial charge on any atom is -0.486 e. The largest absolute Gasteiger partial charge is 0.486 e. The van der Waals surface area contributed by atoms with Gasteiger partial charge in [-0.1, -0.05) is 30.3 Å². The molecule has 26 heavy (non-hydrogen) atoms. The third kappa shape index (κ3) is 2.76. The average Bonchev–Trinajstić information content (AvgIpc) is 3.33. The van der Waals surface area contributed by atoms with Gasteiger partial charge in [-0.05, 0) is 66.0 Å². The number of amides is 1. The van der Waals surface area contributed by atoms with E-state index in [1.54, 1.807) is 0 Å². The minimum absolute atomic E-state index is 0.0950. The molecule has 0 aromatic heterocycles. The lowest BCUT2D eigenvalue weighted by Crippen LogP contribution is -2.16. The van der Waals surface area contributed by atoms with Gasteiger partial charge >= 0.3 is 0 Å². The Morgan fingerprint density at radius 2 is 1.77 bits per heavy atom. The summed E-state index contributed by atoms with van der Waals surface area (Å²) in [5.41, 5.74) is 5.12. The Morgan fingerprint density at radius 1 is 1.00 bits per heavy atom. The van der Waals surface area contributed by atoms with Crippen LogP contribution in [0.1, 0.15) is 53.5 Å². The number of carbonyl (C=O) groups excluding carboxylic acids is 1. The molecule has 2 atom stereocenters. The monoisotopic (exact) mass is 365 g/mol. The number of carbonyl (C=O) groups is 1. The zero-order chi connectivity index (χ0) is 17.7. The maximum Gasteiger partial charge on any atom is 0.257 e. The van der Waals surface area contributed by atoms with Crippen molar-refractivity contribution in [2.75, 3.05) is 0 Å². The number of benzene rings is 2. The van der Waals surface area contributed by atoms with Crippen molar-refractivity contribution < 1.29 is 13.7 Å². The molecule has 1 N–H and O–H groups in total. The molecular formula is C21H19NO3S. The maximum absolute atomic E-state index is 11.9. The lowest BCUT2D eigenvalue weighted by Gasteiger charge is -2.16. The molecule has 1 amide bonds. The minimum atomic E-state index is -1.46. The molecule has 132 valence electrons. The molecule has 0 bridgehead atoms. The quantitative estimate of drug-likeness (QED) is 0.897. The summed E-state index contributed by atoms with van der Waals surface area (Å²) in [4.78, 5) is 11.8. The van der Waals surface area contributed by atoms with Crippen LogP contribution in [-0.2, 0) is 22.2 Å². The van der Waals surface area contributed by atoms with Crippen molar-refractivity contribution in [3.63, 3.8) is 0 Å². The van der Waals surface area contributed by atoms with Crippen LogP contribution in [0, 0.1) is 0 Å². The van der Waals surface area contributed by atoms with Crippen LogP contribution in [0.3, 0.4) is 0 Å². The summed E-state index contributed by atoms with van der Waals surface area (Å²) in [5.74, 6) is 1.25. The average molecular weight is 365 g/mol. The van der Waals surface area contributed by atoms with E-state index in [1.807, 2.05) is 24.3 Å². The van der Waals surface area contributed by atoms with E-state index >= 15 is 0 Å².